The van der Waals surface area contributed by atoms with Gasteiger partial charge >= 0.3 is 0 Å². The van der Waals surface area contributed by atoms with Gasteiger partial charge in [-0.05, 0) is 118 Å². The van der Waals surface area contributed by atoms with E-state index in [4.69, 9.17) is 15.0 Å². The Hall–Kier alpha value is -10.7. The van der Waals surface area contributed by atoms with Gasteiger partial charge in [-0.3, -0.25) is 0 Å². The van der Waals surface area contributed by atoms with Crippen molar-refractivity contribution < 1.29 is 0 Å². The molecular weight excluding hydrogens is 1030 g/mol. The summed E-state index contributed by atoms with van der Waals surface area (Å²) < 4.78 is 5.05. The summed E-state index contributed by atoms with van der Waals surface area (Å²) in [4.78, 5) is 20.4. The number of aromatic nitrogens is 4. The summed E-state index contributed by atoms with van der Waals surface area (Å²) in [5.74, 6) is 1.86. The van der Waals surface area contributed by atoms with Crippen molar-refractivity contribution in [2.75, 3.05) is 9.80 Å². The second kappa shape index (κ2) is 19.0. The maximum absolute atomic E-state index is 5.22. The topological polar surface area (TPSA) is 50.1 Å². The number of nitrogens with zero attached hydrogens (tertiary/aromatic N) is 6. The third-order valence-electron chi connectivity index (χ3n) is 16.8. The van der Waals surface area contributed by atoms with Gasteiger partial charge in [0, 0.05) is 87.3 Å². The molecule has 0 saturated heterocycles. The van der Waals surface area contributed by atoms with Gasteiger partial charge in [-0.15, -0.1) is 11.3 Å². The van der Waals surface area contributed by atoms with Crippen LogP contribution in [0.25, 0.3) is 104 Å². The molecule has 12 aromatic carbocycles. The van der Waals surface area contributed by atoms with Crippen LogP contribution < -0.4 is 26.2 Å². The van der Waals surface area contributed by atoms with Gasteiger partial charge in [0.2, 0.25) is 0 Å². The molecule has 0 fully saturated rings. The summed E-state index contributed by atoms with van der Waals surface area (Å²) in [6, 6.07) is 103. The standard InChI is InChI=1S/C75H47BN6S/c1-4-20-50(21-5-1)73-77-74(51-22-6-2-7-23-51)79-75(78-73)53-42-44-63(82-62-32-14-10-29-58(62)70-66(82)45-43-57-56-28-11-17-37-69(56)83-72(57)70)59(47-53)49-40-38-48(39-41-49)52-24-18-27-55(46-52)81-65-34-16-13-31-61(65)76-60-30-12-15-33-64(60)80(54-25-8-3-9-26-54)67-35-19-36-68(81)71(67)76/h1-47H. The number of hydrogen-bond donors (Lipinski definition) is 0. The van der Waals surface area contributed by atoms with Crippen molar-refractivity contribution in [1.29, 1.82) is 0 Å². The third kappa shape index (κ3) is 7.53. The summed E-state index contributed by atoms with van der Waals surface area (Å²) in [6.45, 7) is 0.0743. The van der Waals surface area contributed by atoms with Crippen LogP contribution in [-0.4, -0.2) is 26.2 Å². The Kier molecular flexibility index (Phi) is 10.8. The molecular formula is C75H47BN6S. The Bertz CT molecular complexity index is 5000. The maximum Gasteiger partial charge on any atom is 0.252 e. The van der Waals surface area contributed by atoms with Crippen molar-refractivity contribution in [2.24, 2.45) is 0 Å². The molecule has 2 aliphatic rings. The van der Waals surface area contributed by atoms with E-state index >= 15 is 0 Å². The van der Waals surface area contributed by atoms with Crippen molar-refractivity contribution in [3.8, 4) is 62.1 Å². The third-order valence-corrected chi connectivity index (χ3v) is 18.0. The van der Waals surface area contributed by atoms with E-state index in [0.717, 1.165) is 67.0 Å². The molecule has 0 spiro atoms. The lowest BCUT2D eigenvalue weighted by molar-refractivity contribution is 1.07. The Balaban J connectivity index is 0.823. The first kappa shape index (κ1) is 47.2. The van der Waals surface area contributed by atoms with Gasteiger partial charge in [0.25, 0.3) is 6.71 Å². The summed E-state index contributed by atoms with van der Waals surface area (Å²) in [7, 11) is 0. The van der Waals surface area contributed by atoms with Crippen molar-refractivity contribution in [1.82, 2.24) is 19.5 Å². The Morgan fingerprint density at radius 1 is 0.313 bits per heavy atom. The first-order valence-electron chi connectivity index (χ1n) is 28.2. The molecule has 0 unspecified atom stereocenters. The lowest BCUT2D eigenvalue weighted by Gasteiger charge is -2.44. The van der Waals surface area contributed by atoms with Gasteiger partial charge < -0.3 is 14.4 Å². The molecule has 6 nitrogen and oxygen atoms in total. The van der Waals surface area contributed by atoms with Gasteiger partial charge in [0.1, 0.15) is 0 Å². The zero-order valence-corrected chi connectivity index (χ0v) is 45.6. The average molecular weight is 1080 g/mol. The van der Waals surface area contributed by atoms with Crippen LogP contribution in [-0.2, 0) is 0 Å². The quantitative estimate of drug-likeness (QED) is 0.142. The lowest BCUT2D eigenvalue weighted by Crippen LogP contribution is -2.61. The SMILES string of the molecule is c1ccc(-c2nc(-c3ccccc3)nc(-c3ccc(-n4c5ccccc5c5c6sc7ccccc7c6ccc54)c(-c4ccc(-c5cccc(N6c7ccccc7B7c8ccccc8N(c8ccccc8)c8cccc6c87)c5)cc4)c3)n2)cc1. The second-order valence-electron chi connectivity index (χ2n) is 21.5. The molecule has 0 N–H and O–H groups in total. The Morgan fingerprint density at radius 3 is 1.53 bits per heavy atom. The highest BCUT2D eigenvalue weighted by molar-refractivity contribution is 7.26. The van der Waals surface area contributed by atoms with E-state index in [1.807, 2.05) is 47.7 Å². The van der Waals surface area contributed by atoms with E-state index in [-0.39, 0.29) is 6.71 Å². The van der Waals surface area contributed by atoms with Crippen LogP contribution in [0, 0.1) is 0 Å². The molecule has 8 heteroatoms. The highest BCUT2D eigenvalue weighted by Crippen LogP contribution is 2.47. The molecule has 0 radical (unpaired) electrons. The van der Waals surface area contributed by atoms with Crippen LogP contribution in [0.3, 0.4) is 0 Å². The molecule has 3 aromatic heterocycles. The Labute approximate surface area is 484 Å². The number of fused-ring (bicyclic) bond motifs is 11. The summed E-state index contributed by atoms with van der Waals surface area (Å²) in [5.41, 5.74) is 21.5. The molecule has 17 rings (SSSR count). The van der Waals surface area contributed by atoms with E-state index in [1.54, 1.807) is 0 Å². The van der Waals surface area contributed by atoms with E-state index in [2.05, 4.69) is 263 Å². The van der Waals surface area contributed by atoms with E-state index in [1.165, 1.54) is 70.1 Å². The number of benzene rings is 12. The number of rotatable bonds is 8. The van der Waals surface area contributed by atoms with Crippen molar-refractivity contribution in [2.45, 2.75) is 0 Å². The molecule has 0 saturated carbocycles. The lowest BCUT2D eigenvalue weighted by atomic mass is 9.33. The minimum atomic E-state index is 0.0743. The van der Waals surface area contributed by atoms with E-state index < -0.39 is 0 Å². The van der Waals surface area contributed by atoms with Crippen molar-refractivity contribution in [3.63, 3.8) is 0 Å². The molecule has 5 heterocycles. The first-order chi connectivity index (χ1) is 41.2. The van der Waals surface area contributed by atoms with Gasteiger partial charge in [-0.2, -0.15) is 0 Å². The normalized spacial score (nSPS) is 12.5. The van der Waals surface area contributed by atoms with Crippen LogP contribution in [0.4, 0.5) is 34.1 Å². The minimum Gasteiger partial charge on any atom is -0.311 e. The predicted molar refractivity (Wildman–Crippen MR) is 348 cm³/mol. The van der Waals surface area contributed by atoms with Crippen LogP contribution in [0.1, 0.15) is 0 Å². The zero-order chi connectivity index (χ0) is 54.5. The van der Waals surface area contributed by atoms with Crippen LogP contribution >= 0.6 is 11.3 Å². The highest BCUT2D eigenvalue weighted by Gasteiger charge is 2.43. The fraction of sp³-hybridized carbons (Fsp3) is 0. The monoisotopic (exact) mass is 1070 g/mol. The predicted octanol–water partition coefficient (Wildman–Crippen LogP) is 17.8. The van der Waals surface area contributed by atoms with Crippen LogP contribution in [0.2, 0.25) is 0 Å². The molecule has 0 aliphatic carbocycles. The largest absolute Gasteiger partial charge is 0.311 e. The minimum absolute atomic E-state index is 0.0743. The molecule has 2 aliphatic heterocycles. The first-order valence-corrected chi connectivity index (χ1v) is 29.0. The number of anilines is 6. The average Bonchev–Trinajstić information content (AvgIpc) is 2.46. The zero-order valence-electron chi connectivity index (χ0n) is 44.8. The number of para-hydroxylation sites is 4. The van der Waals surface area contributed by atoms with Gasteiger partial charge in [-0.25, -0.2) is 15.0 Å². The second-order valence-corrected chi connectivity index (χ2v) is 22.5. The highest BCUT2D eigenvalue weighted by atomic mass is 32.1. The smallest absolute Gasteiger partial charge is 0.252 e. The van der Waals surface area contributed by atoms with Crippen LogP contribution in [0.15, 0.2) is 285 Å². The molecule has 0 atom stereocenters. The fourth-order valence-electron chi connectivity index (χ4n) is 13.2. The van der Waals surface area contributed by atoms with E-state index in [0.29, 0.717) is 17.5 Å². The molecule has 0 bridgehead atoms. The number of hydrogen-bond acceptors (Lipinski definition) is 6. The molecule has 83 heavy (non-hydrogen) atoms. The summed E-state index contributed by atoms with van der Waals surface area (Å²) in [5, 5.41) is 5.07. The van der Waals surface area contributed by atoms with Crippen molar-refractivity contribution >= 4 is 111 Å². The number of thiophene rings is 1. The molecule has 386 valence electrons. The van der Waals surface area contributed by atoms with Gasteiger partial charge in [0.05, 0.1) is 16.7 Å². The molecule has 15 aromatic rings. The van der Waals surface area contributed by atoms with Gasteiger partial charge in [-0.1, -0.05) is 200 Å². The van der Waals surface area contributed by atoms with Crippen LogP contribution in [0.5, 0.6) is 0 Å². The Morgan fingerprint density at radius 2 is 0.831 bits per heavy atom. The summed E-state index contributed by atoms with van der Waals surface area (Å²) >= 11 is 1.88. The van der Waals surface area contributed by atoms with Gasteiger partial charge in [0.15, 0.2) is 17.5 Å². The maximum atomic E-state index is 5.22. The molecule has 0 amide bonds. The van der Waals surface area contributed by atoms with Crippen molar-refractivity contribution in [3.05, 3.63) is 285 Å². The van der Waals surface area contributed by atoms with E-state index in [9.17, 15) is 0 Å². The summed E-state index contributed by atoms with van der Waals surface area (Å²) in [6.07, 6.45) is 0. The fourth-order valence-corrected chi connectivity index (χ4v) is 14.4.